The van der Waals surface area contributed by atoms with Crippen molar-refractivity contribution in [1.82, 2.24) is 4.98 Å². The van der Waals surface area contributed by atoms with Crippen molar-refractivity contribution < 1.29 is 9.53 Å². The van der Waals surface area contributed by atoms with Crippen LogP contribution < -0.4 is 10.2 Å². The van der Waals surface area contributed by atoms with Gasteiger partial charge in [0.2, 0.25) is 0 Å². The number of hydrogen-bond donors (Lipinski definition) is 1. The van der Waals surface area contributed by atoms with Gasteiger partial charge in [-0.3, -0.25) is 4.98 Å². The monoisotopic (exact) mass is 401 g/mol. The van der Waals surface area contributed by atoms with Gasteiger partial charge in [0.25, 0.3) is 0 Å². The fraction of sp³-hybridized carbons (Fsp3) is 0.280. The van der Waals surface area contributed by atoms with Crippen molar-refractivity contribution in [3.05, 3.63) is 83.2 Å². The number of aryl methyl sites for hydroxylation is 2. The zero-order valence-corrected chi connectivity index (χ0v) is 17.7. The second kappa shape index (κ2) is 8.57. The molecule has 1 atom stereocenters. The van der Waals surface area contributed by atoms with E-state index < -0.39 is 0 Å². The van der Waals surface area contributed by atoms with E-state index in [-0.39, 0.29) is 5.97 Å². The number of nitrogens with one attached hydrogen (secondary N) is 1. The number of pyridine rings is 1. The molecule has 30 heavy (non-hydrogen) atoms. The van der Waals surface area contributed by atoms with Crippen molar-refractivity contribution in [3.8, 4) is 0 Å². The molecule has 0 saturated heterocycles. The van der Waals surface area contributed by atoms with Gasteiger partial charge in [-0.15, -0.1) is 0 Å². The van der Waals surface area contributed by atoms with Gasteiger partial charge in [-0.1, -0.05) is 23.8 Å². The minimum Gasteiger partial charge on any atom is -0.465 e. The Morgan fingerprint density at radius 1 is 1.17 bits per heavy atom. The van der Waals surface area contributed by atoms with Gasteiger partial charge in [0, 0.05) is 37.1 Å². The normalized spacial score (nSPS) is 14.8. The SMILES string of the molecule is COC(=O)c1ccncc1NC[C@@H]1CCc2cc(N(C)c3ccc(C)cc3)ccc21. The van der Waals surface area contributed by atoms with Crippen LogP contribution in [0.2, 0.25) is 0 Å². The minimum absolute atomic E-state index is 0.351. The van der Waals surface area contributed by atoms with Crippen LogP contribution in [0.3, 0.4) is 0 Å². The van der Waals surface area contributed by atoms with Crippen LogP contribution in [0.25, 0.3) is 0 Å². The zero-order chi connectivity index (χ0) is 21.1. The largest absolute Gasteiger partial charge is 0.465 e. The number of hydrogen-bond acceptors (Lipinski definition) is 5. The molecule has 0 spiro atoms. The quantitative estimate of drug-likeness (QED) is 0.583. The molecule has 1 aliphatic rings. The summed E-state index contributed by atoms with van der Waals surface area (Å²) in [6.45, 7) is 2.86. The average molecular weight is 402 g/mol. The van der Waals surface area contributed by atoms with E-state index in [2.05, 4.69) is 71.6 Å². The number of aromatic nitrogens is 1. The van der Waals surface area contributed by atoms with Crippen molar-refractivity contribution in [1.29, 1.82) is 0 Å². The highest BCUT2D eigenvalue weighted by atomic mass is 16.5. The molecule has 0 amide bonds. The van der Waals surface area contributed by atoms with Crippen LogP contribution >= 0.6 is 0 Å². The number of carbonyl (C=O) groups is 1. The Morgan fingerprint density at radius 3 is 2.70 bits per heavy atom. The first kappa shape index (κ1) is 20.0. The summed E-state index contributed by atoms with van der Waals surface area (Å²) < 4.78 is 4.87. The lowest BCUT2D eigenvalue weighted by Gasteiger charge is -2.21. The predicted molar refractivity (Wildman–Crippen MR) is 121 cm³/mol. The molecule has 5 heteroatoms. The summed E-state index contributed by atoms with van der Waals surface area (Å²) in [6.07, 6.45) is 5.44. The average Bonchev–Trinajstić information content (AvgIpc) is 3.19. The van der Waals surface area contributed by atoms with Crippen LogP contribution in [-0.4, -0.2) is 31.7 Å². The van der Waals surface area contributed by atoms with E-state index in [1.54, 1.807) is 18.5 Å². The topological polar surface area (TPSA) is 54.5 Å². The van der Waals surface area contributed by atoms with Crippen molar-refractivity contribution in [2.75, 3.05) is 30.9 Å². The van der Waals surface area contributed by atoms with Gasteiger partial charge < -0.3 is 15.0 Å². The number of esters is 1. The van der Waals surface area contributed by atoms with E-state index in [9.17, 15) is 4.79 Å². The summed E-state index contributed by atoms with van der Waals surface area (Å²) in [5, 5.41) is 3.41. The van der Waals surface area contributed by atoms with Gasteiger partial charge in [-0.05, 0) is 61.2 Å². The molecule has 0 bridgehead atoms. The molecular weight excluding hydrogens is 374 g/mol. The van der Waals surface area contributed by atoms with Gasteiger partial charge in [0.15, 0.2) is 0 Å². The summed E-state index contributed by atoms with van der Waals surface area (Å²) in [6, 6.07) is 17.0. The number of nitrogens with zero attached hydrogens (tertiary/aromatic N) is 2. The standard InChI is InChI=1S/C25H27N3O2/c1-17-4-8-20(9-5-17)28(2)21-10-11-22-18(14-21)6-7-19(22)15-27-24-16-26-13-12-23(24)25(29)30-3/h4-5,8-14,16,19,27H,6-7,15H2,1-3H3/t19-/m0/s1. The van der Waals surface area contributed by atoms with Gasteiger partial charge in [0.05, 0.1) is 24.6 Å². The van der Waals surface area contributed by atoms with Crippen molar-refractivity contribution in [2.24, 2.45) is 0 Å². The first-order valence-electron chi connectivity index (χ1n) is 10.3. The molecule has 4 rings (SSSR count). The Morgan fingerprint density at radius 2 is 1.93 bits per heavy atom. The highest BCUT2D eigenvalue weighted by molar-refractivity contribution is 5.95. The molecule has 5 nitrogen and oxygen atoms in total. The maximum absolute atomic E-state index is 12.0. The van der Waals surface area contributed by atoms with E-state index in [4.69, 9.17) is 4.74 Å². The third-order valence-corrected chi connectivity index (χ3v) is 5.90. The molecular formula is C25H27N3O2. The molecule has 1 heterocycles. The van der Waals surface area contributed by atoms with Gasteiger partial charge in [-0.2, -0.15) is 0 Å². The van der Waals surface area contributed by atoms with Crippen LogP contribution in [0.1, 0.15) is 39.4 Å². The lowest BCUT2D eigenvalue weighted by atomic mass is 10.0. The molecule has 1 aliphatic carbocycles. The summed E-state index contributed by atoms with van der Waals surface area (Å²) in [5.74, 6) is 0.0555. The first-order chi connectivity index (χ1) is 14.6. The van der Waals surface area contributed by atoms with Crippen LogP contribution in [0.4, 0.5) is 17.1 Å². The van der Waals surface area contributed by atoms with Crippen molar-refractivity contribution in [3.63, 3.8) is 0 Å². The molecule has 1 N–H and O–H groups in total. The lowest BCUT2D eigenvalue weighted by Crippen LogP contribution is -2.14. The number of fused-ring (bicyclic) bond motifs is 1. The first-order valence-corrected chi connectivity index (χ1v) is 10.3. The highest BCUT2D eigenvalue weighted by Gasteiger charge is 2.24. The van der Waals surface area contributed by atoms with Crippen LogP contribution in [0, 0.1) is 6.92 Å². The Kier molecular flexibility index (Phi) is 5.70. The molecule has 1 aromatic heterocycles. The van der Waals surface area contributed by atoms with Gasteiger partial charge in [-0.25, -0.2) is 4.79 Å². The molecule has 0 unspecified atom stereocenters. The molecule has 0 fully saturated rings. The third-order valence-electron chi connectivity index (χ3n) is 5.90. The van der Waals surface area contributed by atoms with E-state index in [1.165, 1.54) is 35.2 Å². The Labute approximate surface area is 177 Å². The van der Waals surface area contributed by atoms with E-state index >= 15 is 0 Å². The fourth-order valence-corrected chi connectivity index (χ4v) is 4.09. The molecule has 0 aliphatic heterocycles. The number of ether oxygens (including phenoxy) is 1. The van der Waals surface area contributed by atoms with Gasteiger partial charge in [0.1, 0.15) is 0 Å². The Hall–Kier alpha value is -3.34. The number of benzene rings is 2. The summed E-state index contributed by atoms with van der Waals surface area (Å²) in [5.41, 5.74) is 7.66. The molecule has 154 valence electrons. The molecule has 3 aromatic rings. The molecule has 0 saturated carbocycles. The highest BCUT2D eigenvalue weighted by Crippen LogP contribution is 2.37. The van der Waals surface area contributed by atoms with Crippen molar-refractivity contribution >= 4 is 23.0 Å². The Bertz CT molecular complexity index is 1050. The smallest absolute Gasteiger partial charge is 0.340 e. The van der Waals surface area contributed by atoms with Crippen LogP contribution in [0.15, 0.2) is 60.9 Å². The fourth-order valence-electron chi connectivity index (χ4n) is 4.09. The van der Waals surface area contributed by atoms with Crippen molar-refractivity contribution in [2.45, 2.75) is 25.7 Å². The van der Waals surface area contributed by atoms with Crippen LogP contribution in [-0.2, 0) is 11.2 Å². The maximum Gasteiger partial charge on any atom is 0.340 e. The number of rotatable bonds is 6. The van der Waals surface area contributed by atoms with E-state index in [1.807, 2.05) is 0 Å². The van der Waals surface area contributed by atoms with E-state index in [0.29, 0.717) is 17.2 Å². The zero-order valence-electron chi connectivity index (χ0n) is 17.7. The summed E-state index contributed by atoms with van der Waals surface area (Å²) >= 11 is 0. The molecule has 2 aromatic carbocycles. The number of methoxy groups -OCH3 is 1. The maximum atomic E-state index is 12.0. The number of carbonyl (C=O) groups excluding carboxylic acids is 1. The lowest BCUT2D eigenvalue weighted by molar-refractivity contribution is 0.0601. The Balaban J connectivity index is 1.48. The molecule has 0 radical (unpaired) electrons. The second-order valence-electron chi connectivity index (χ2n) is 7.81. The predicted octanol–water partition coefficient (Wildman–Crippen LogP) is 5.09. The summed E-state index contributed by atoms with van der Waals surface area (Å²) in [4.78, 5) is 18.3. The second-order valence-corrected chi connectivity index (χ2v) is 7.81. The number of anilines is 3. The van der Waals surface area contributed by atoms with Crippen LogP contribution in [0.5, 0.6) is 0 Å². The summed E-state index contributed by atoms with van der Waals surface area (Å²) in [7, 11) is 3.50. The van der Waals surface area contributed by atoms with Gasteiger partial charge >= 0.3 is 5.97 Å². The third kappa shape index (κ3) is 4.01. The minimum atomic E-state index is -0.351. The van der Waals surface area contributed by atoms with E-state index in [0.717, 1.165) is 19.4 Å².